The van der Waals surface area contributed by atoms with Crippen LogP contribution in [0.4, 0.5) is 0 Å². The van der Waals surface area contributed by atoms with Crippen LogP contribution in [0.2, 0.25) is 0 Å². The van der Waals surface area contributed by atoms with E-state index in [4.69, 9.17) is 9.47 Å². The van der Waals surface area contributed by atoms with E-state index in [0.29, 0.717) is 28.7 Å². The van der Waals surface area contributed by atoms with Crippen LogP contribution in [0.5, 0.6) is 17.2 Å². The molecule has 1 aliphatic rings. The summed E-state index contributed by atoms with van der Waals surface area (Å²) in [4.78, 5) is 4.47. The van der Waals surface area contributed by atoms with Gasteiger partial charge in [-0.25, -0.2) is 9.67 Å². The first kappa shape index (κ1) is 13.6. The van der Waals surface area contributed by atoms with Crippen molar-refractivity contribution in [1.82, 2.24) is 14.8 Å². The van der Waals surface area contributed by atoms with Gasteiger partial charge in [-0.15, -0.1) is 0 Å². The maximum absolute atomic E-state index is 10.2. The smallest absolute Gasteiger partial charge is 0.231 e. The Labute approximate surface area is 132 Å². The third-order valence-electron chi connectivity index (χ3n) is 3.71. The fourth-order valence-electron chi connectivity index (χ4n) is 2.62. The van der Waals surface area contributed by atoms with Gasteiger partial charge >= 0.3 is 0 Å². The molecule has 4 rings (SSSR count). The molecule has 0 spiro atoms. The highest BCUT2D eigenvalue weighted by atomic mass is 16.7. The molecule has 0 saturated heterocycles. The molecule has 0 bridgehead atoms. The van der Waals surface area contributed by atoms with E-state index in [0.717, 1.165) is 11.3 Å². The molecule has 116 valence electrons. The predicted octanol–water partition coefficient (Wildman–Crippen LogP) is 2.99. The van der Waals surface area contributed by atoms with Gasteiger partial charge in [0, 0.05) is 6.07 Å². The zero-order valence-electron chi connectivity index (χ0n) is 12.8. The van der Waals surface area contributed by atoms with Crippen molar-refractivity contribution in [2.75, 3.05) is 6.79 Å². The summed E-state index contributed by atoms with van der Waals surface area (Å²) in [6.07, 6.45) is 0. The summed E-state index contributed by atoms with van der Waals surface area (Å²) in [5.74, 6) is 2.77. The van der Waals surface area contributed by atoms with Gasteiger partial charge in [-0.2, -0.15) is 5.10 Å². The lowest BCUT2D eigenvalue weighted by Crippen LogP contribution is -2.00. The second-order valence-electron chi connectivity index (χ2n) is 5.45. The normalized spacial score (nSPS) is 12.6. The minimum absolute atomic E-state index is 0.171. The van der Waals surface area contributed by atoms with E-state index in [1.807, 2.05) is 44.2 Å². The summed E-state index contributed by atoms with van der Waals surface area (Å²) in [5, 5.41) is 14.6. The van der Waals surface area contributed by atoms with Crippen molar-refractivity contribution < 1.29 is 14.6 Å². The number of ether oxygens (including phenoxy) is 2. The molecule has 1 aliphatic heterocycles. The van der Waals surface area contributed by atoms with Crippen molar-refractivity contribution in [2.24, 2.45) is 0 Å². The molecule has 6 heteroatoms. The van der Waals surface area contributed by atoms with E-state index in [1.165, 1.54) is 0 Å². The van der Waals surface area contributed by atoms with Crippen LogP contribution in [-0.2, 0) is 0 Å². The van der Waals surface area contributed by atoms with Gasteiger partial charge in [-0.1, -0.05) is 11.6 Å². The summed E-state index contributed by atoms with van der Waals surface area (Å²) in [6.45, 7) is 4.01. The van der Waals surface area contributed by atoms with E-state index < -0.39 is 0 Å². The summed E-state index contributed by atoms with van der Waals surface area (Å²) in [6, 6.07) is 11.0. The number of aryl methyl sites for hydroxylation is 2. The summed E-state index contributed by atoms with van der Waals surface area (Å²) < 4.78 is 12.5. The van der Waals surface area contributed by atoms with Crippen LogP contribution in [0.15, 0.2) is 36.4 Å². The number of hydrogen-bond donors (Lipinski definition) is 1. The molecule has 0 aliphatic carbocycles. The first-order valence-electron chi connectivity index (χ1n) is 7.25. The first-order valence-corrected chi connectivity index (χ1v) is 7.25. The van der Waals surface area contributed by atoms with Crippen LogP contribution in [0.25, 0.3) is 17.1 Å². The number of phenols is 1. The number of aromatic nitrogens is 3. The van der Waals surface area contributed by atoms with Crippen LogP contribution in [0, 0.1) is 13.8 Å². The Balaban J connectivity index is 1.89. The maximum atomic E-state index is 10.2. The van der Waals surface area contributed by atoms with Gasteiger partial charge < -0.3 is 14.6 Å². The Morgan fingerprint density at radius 3 is 2.74 bits per heavy atom. The van der Waals surface area contributed by atoms with Crippen molar-refractivity contribution in [3.8, 4) is 34.3 Å². The number of fused-ring (bicyclic) bond motifs is 1. The van der Waals surface area contributed by atoms with Crippen molar-refractivity contribution in [1.29, 1.82) is 0 Å². The molecule has 3 aromatic rings. The minimum Gasteiger partial charge on any atom is -0.507 e. The van der Waals surface area contributed by atoms with Gasteiger partial charge in [0.1, 0.15) is 11.6 Å². The molecular formula is C17H15N3O3. The number of aromatic hydroxyl groups is 1. The molecule has 1 aromatic heterocycles. The molecule has 2 aromatic carbocycles. The van der Waals surface area contributed by atoms with Gasteiger partial charge in [0.2, 0.25) is 6.79 Å². The summed E-state index contributed by atoms with van der Waals surface area (Å²) in [5.41, 5.74) is 2.48. The van der Waals surface area contributed by atoms with E-state index in [-0.39, 0.29) is 12.5 Å². The third kappa shape index (κ3) is 2.28. The average molecular weight is 309 g/mol. The zero-order valence-corrected chi connectivity index (χ0v) is 12.8. The van der Waals surface area contributed by atoms with Crippen molar-refractivity contribution in [2.45, 2.75) is 13.8 Å². The SMILES string of the molecule is Cc1ccc(O)c(-c2nc(C)nn2-c2ccc3c(c2)OCO3)c1. The van der Waals surface area contributed by atoms with Crippen molar-refractivity contribution >= 4 is 0 Å². The van der Waals surface area contributed by atoms with Crippen LogP contribution >= 0.6 is 0 Å². The number of benzene rings is 2. The lowest BCUT2D eigenvalue weighted by atomic mass is 10.1. The number of hydrogen-bond acceptors (Lipinski definition) is 5. The minimum atomic E-state index is 0.171. The highest BCUT2D eigenvalue weighted by molar-refractivity contribution is 5.67. The molecule has 0 fully saturated rings. The van der Waals surface area contributed by atoms with Gasteiger partial charge in [0.15, 0.2) is 17.3 Å². The van der Waals surface area contributed by atoms with Gasteiger partial charge in [-0.3, -0.25) is 0 Å². The van der Waals surface area contributed by atoms with E-state index in [9.17, 15) is 5.11 Å². The summed E-state index contributed by atoms with van der Waals surface area (Å²) >= 11 is 0. The second-order valence-corrected chi connectivity index (χ2v) is 5.45. The number of rotatable bonds is 2. The molecule has 0 saturated carbocycles. The summed E-state index contributed by atoms with van der Waals surface area (Å²) in [7, 11) is 0. The molecule has 0 radical (unpaired) electrons. The lowest BCUT2D eigenvalue weighted by molar-refractivity contribution is 0.174. The average Bonchev–Trinajstić information content (AvgIpc) is 3.15. The number of phenolic OH excluding ortho intramolecular Hbond substituents is 1. The Hall–Kier alpha value is -3.02. The molecule has 23 heavy (non-hydrogen) atoms. The molecule has 2 heterocycles. The number of nitrogens with zero attached hydrogens (tertiary/aromatic N) is 3. The Morgan fingerprint density at radius 2 is 1.87 bits per heavy atom. The van der Waals surface area contributed by atoms with Gasteiger partial charge in [0.05, 0.1) is 11.3 Å². The van der Waals surface area contributed by atoms with Crippen molar-refractivity contribution in [3.05, 3.63) is 47.8 Å². The largest absolute Gasteiger partial charge is 0.507 e. The fraction of sp³-hybridized carbons (Fsp3) is 0.176. The van der Waals surface area contributed by atoms with Crippen LogP contribution in [0.1, 0.15) is 11.4 Å². The Bertz CT molecular complexity index is 902. The fourth-order valence-corrected chi connectivity index (χ4v) is 2.62. The van der Waals surface area contributed by atoms with Crippen molar-refractivity contribution in [3.63, 3.8) is 0 Å². The molecule has 0 unspecified atom stereocenters. The maximum Gasteiger partial charge on any atom is 0.231 e. The van der Waals surface area contributed by atoms with Gasteiger partial charge in [-0.05, 0) is 38.1 Å². The highest BCUT2D eigenvalue weighted by Crippen LogP contribution is 2.35. The molecule has 0 amide bonds. The van der Waals surface area contributed by atoms with Crippen LogP contribution in [-0.4, -0.2) is 26.7 Å². The Kier molecular flexibility index (Phi) is 2.97. The van der Waals surface area contributed by atoms with E-state index >= 15 is 0 Å². The predicted molar refractivity (Wildman–Crippen MR) is 84.1 cm³/mol. The van der Waals surface area contributed by atoms with E-state index in [1.54, 1.807) is 10.7 Å². The molecular weight excluding hydrogens is 294 g/mol. The standard InChI is InChI=1S/C17H15N3O3/c1-10-3-5-14(21)13(7-10)17-18-11(2)19-20(17)12-4-6-15-16(8-12)23-9-22-15/h3-8,21H,9H2,1-2H3. The topological polar surface area (TPSA) is 69.4 Å². The van der Waals surface area contributed by atoms with Crippen LogP contribution in [0.3, 0.4) is 0 Å². The van der Waals surface area contributed by atoms with E-state index in [2.05, 4.69) is 10.1 Å². The quantitative estimate of drug-likeness (QED) is 0.788. The third-order valence-corrected chi connectivity index (χ3v) is 3.71. The second kappa shape index (κ2) is 5.01. The van der Waals surface area contributed by atoms with Gasteiger partial charge in [0.25, 0.3) is 0 Å². The van der Waals surface area contributed by atoms with Crippen LogP contribution < -0.4 is 9.47 Å². The first-order chi connectivity index (χ1) is 11.1. The lowest BCUT2D eigenvalue weighted by Gasteiger charge is -2.09. The monoisotopic (exact) mass is 309 g/mol. The molecule has 0 atom stereocenters. The Morgan fingerprint density at radius 1 is 1.04 bits per heavy atom. The molecule has 1 N–H and O–H groups in total. The highest BCUT2D eigenvalue weighted by Gasteiger charge is 2.19. The molecule has 6 nitrogen and oxygen atoms in total. The zero-order chi connectivity index (χ0) is 16.0.